The number of aliphatic hydroxyl groups is 1. The topological polar surface area (TPSA) is 123 Å². The minimum Gasteiger partial charge on any atom is -0.449 e. The van der Waals surface area contributed by atoms with Crippen molar-refractivity contribution in [3.63, 3.8) is 0 Å². The van der Waals surface area contributed by atoms with E-state index in [1.807, 2.05) is 20.8 Å². The monoisotopic (exact) mass is 303 g/mol. The zero-order chi connectivity index (χ0) is 16.7. The Morgan fingerprint density at radius 2 is 1.90 bits per heavy atom. The third-order valence-corrected chi connectivity index (χ3v) is 2.43. The summed E-state index contributed by atoms with van der Waals surface area (Å²) in [5.74, 6) is -0.750. The third kappa shape index (κ3) is 8.26. The van der Waals surface area contributed by atoms with Crippen molar-refractivity contribution >= 4 is 18.3 Å². The molecule has 0 aliphatic rings. The van der Waals surface area contributed by atoms with Crippen LogP contribution in [0.15, 0.2) is 5.16 Å². The largest absolute Gasteiger partial charge is 0.449 e. The van der Waals surface area contributed by atoms with Crippen LogP contribution < -0.4 is 11.1 Å². The predicted molar refractivity (Wildman–Crippen MR) is 77.4 cm³/mol. The molecule has 0 radical (unpaired) electrons. The minimum absolute atomic E-state index is 0.103. The molecule has 8 heteroatoms. The quantitative estimate of drug-likeness (QED) is 0.218. The molecule has 8 nitrogen and oxygen atoms in total. The zero-order valence-electron chi connectivity index (χ0n) is 13.2. The number of oxime groups is 1. The van der Waals surface area contributed by atoms with Crippen molar-refractivity contribution in [2.75, 3.05) is 6.61 Å². The first kappa shape index (κ1) is 19.3. The summed E-state index contributed by atoms with van der Waals surface area (Å²) in [5, 5.41) is 15.3. The van der Waals surface area contributed by atoms with Crippen molar-refractivity contribution in [1.29, 1.82) is 0 Å². The second-order valence-corrected chi connectivity index (χ2v) is 6.13. The molecule has 0 saturated heterocycles. The zero-order valence-corrected chi connectivity index (χ0v) is 13.2. The summed E-state index contributed by atoms with van der Waals surface area (Å²) in [6, 6.07) is 0. The van der Waals surface area contributed by atoms with Gasteiger partial charge >= 0.3 is 12.1 Å². The van der Waals surface area contributed by atoms with Gasteiger partial charge in [-0.05, 0) is 34.6 Å². The fourth-order valence-electron chi connectivity index (χ4n) is 0.923. The number of nitrogens with two attached hydrogens (primary N) is 1. The van der Waals surface area contributed by atoms with Gasteiger partial charge < -0.3 is 25.7 Å². The van der Waals surface area contributed by atoms with Crippen LogP contribution in [0.5, 0.6) is 0 Å². The Bertz CT molecular complexity index is 386. The lowest BCUT2D eigenvalue weighted by Crippen LogP contribution is -2.43. The average molecular weight is 303 g/mol. The average Bonchev–Trinajstić information content (AvgIpc) is 2.30. The molecule has 0 bridgehead atoms. The summed E-state index contributed by atoms with van der Waals surface area (Å²) in [5.41, 5.74) is 3.63. The molecular weight excluding hydrogens is 278 g/mol. The first-order valence-corrected chi connectivity index (χ1v) is 6.58. The Hall–Kier alpha value is -1.67. The van der Waals surface area contributed by atoms with E-state index in [-0.39, 0.29) is 18.6 Å². The predicted octanol–water partition coefficient (Wildman–Crippen LogP) is 0.733. The summed E-state index contributed by atoms with van der Waals surface area (Å²) in [6.45, 7) is 8.49. The van der Waals surface area contributed by atoms with Crippen molar-refractivity contribution in [3.05, 3.63) is 0 Å². The van der Waals surface area contributed by atoms with Crippen LogP contribution in [0.3, 0.4) is 0 Å². The van der Waals surface area contributed by atoms with E-state index in [0.717, 1.165) is 0 Å². The number of nitrogens with one attached hydrogen (secondary N) is 1. The number of carbonyl (C=O) groups is 2. The molecule has 0 aromatic carbocycles. The molecule has 1 amide bonds. The molecule has 4 N–H and O–H groups in total. The van der Waals surface area contributed by atoms with Gasteiger partial charge in [0.25, 0.3) is 0 Å². The number of carbonyl (C=O) groups excluding carboxylic acids is 2. The fraction of sp³-hybridized carbons (Fsp3) is 0.769. The van der Waals surface area contributed by atoms with Gasteiger partial charge in [-0.1, -0.05) is 5.16 Å². The maximum atomic E-state index is 11.5. The summed E-state index contributed by atoms with van der Waals surface area (Å²) >= 11 is 0. The van der Waals surface area contributed by atoms with Crippen molar-refractivity contribution in [2.24, 2.45) is 16.3 Å². The first-order valence-electron chi connectivity index (χ1n) is 6.58. The van der Waals surface area contributed by atoms with Gasteiger partial charge in [0, 0.05) is 18.2 Å². The highest BCUT2D eigenvalue weighted by atomic mass is 16.7. The maximum absolute atomic E-state index is 11.5. The number of alkyl carbamates (subject to hydrolysis) is 1. The Morgan fingerprint density at radius 3 is 2.38 bits per heavy atom. The lowest BCUT2D eigenvalue weighted by molar-refractivity contribution is -0.160. The summed E-state index contributed by atoms with van der Waals surface area (Å²) < 4.78 is 4.89. The van der Waals surface area contributed by atoms with Gasteiger partial charge in [-0.2, -0.15) is 0 Å². The molecule has 0 heterocycles. The van der Waals surface area contributed by atoms with Crippen LogP contribution in [0, 0.1) is 5.41 Å². The highest BCUT2D eigenvalue weighted by Crippen LogP contribution is 2.19. The van der Waals surface area contributed by atoms with Crippen LogP contribution in [-0.2, 0) is 14.4 Å². The van der Waals surface area contributed by atoms with Crippen molar-refractivity contribution in [3.8, 4) is 0 Å². The van der Waals surface area contributed by atoms with Gasteiger partial charge in [-0.3, -0.25) is 0 Å². The van der Waals surface area contributed by atoms with Crippen LogP contribution in [0.2, 0.25) is 0 Å². The second kappa shape index (κ2) is 7.94. The van der Waals surface area contributed by atoms with Gasteiger partial charge in [0.05, 0.1) is 6.61 Å². The second-order valence-electron chi connectivity index (χ2n) is 6.13. The van der Waals surface area contributed by atoms with Crippen LogP contribution >= 0.6 is 0 Å². The van der Waals surface area contributed by atoms with E-state index < -0.39 is 23.7 Å². The minimum atomic E-state index is -1.34. The molecule has 0 spiro atoms. The third-order valence-electron chi connectivity index (χ3n) is 2.43. The molecule has 0 aromatic rings. The van der Waals surface area contributed by atoms with Crippen molar-refractivity contribution in [1.82, 2.24) is 5.32 Å². The SMILES string of the molecule is CC(C)(C)NC(=O)OCC/C=N\OC(=O)C(C)(C)C(N)O. The van der Waals surface area contributed by atoms with Crippen LogP contribution in [0.4, 0.5) is 4.79 Å². The van der Waals surface area contributed by atoms with Crippen molar-refractivity contribution < 1.29 is 24.3 Å². The lowest BCUT2D eigenvalue weighted by Gasteiger charge is -2.22. The van der Waals surface area contributed by atoms with Gasteiger partial charge in [-0.25, -0.2) is 9.59 Å². The summed E-state index contributed by atoms with van der Waals surface area (Å²) in [6.07, 6.45) is -0.289. The van der Waals surface area contributed by atoms with E-state index in [0.29, 0.717) is 0 Å². The lowest BCUT2D eigenvalue weighted by atomic mass is 9.92. The van der Waals surface area contributed by atoms with Crippen LogP contribution in [0.1, 0.15) is 41.0 Å². The molecule has 0 aromatic heterocycles. The van der Waals surface area contributed by atoms with E-state index in [9.17, 15) is 14.7 Å². The van der Waals surface area contributed by atoms with E-state index in [1.54, 1.807) is 0 Å². The molecule has 0 saturated carbocycles. The van der Waals surface area contributed by atoms with E-state index in [2.05, 4.69) is 15.3 Å². The van der Waals surface area contributed by atoms with Gasteiger partial charge in [0.2, 0.25) is 0 Å². The Kier molecular flexibility index (Phi) is 7.31. The van der Waals surface area contributed by atoms with Gasteiger partial charge in [-0.15, -0.1) is 0 Å². The number of aliphatic hydroxyl groups excluding tert-OH is 1. The summed E-state index contributed by atoms with van der Waals surface area (Å²) in [4.78, 5) is 27.4. The molecule has 1 atom stereocenters. The molecule has 0 aliphatic heterocycles. The molecule has 0 rings (SSSR count). The number of ether oxygens (including phenoxy) is 1. The number of hydrogen-bond donors (Lipinski definition) is 3. The molecule has 0 aliphatic carbocycles. The highest BCUT2D eigenvalue weighted by Gasteiger charge is 2.35. The van der Waals surface area contributed by atoms with Crippen LogP contribution in [0.25, 0.3) is 0 Å². The smallest absolute Gasteiger partial charge is 0.407 e. The Morgan fingerprint density at radius 1 is 1.33 bits per heavy atom. The van der Waals surface area contributed by atoms with Gasteiger partial charge in [0.1, 0.15) is 11.6 Å². The first-order chi connectivity index (χ1) is 9.47. The number of nitrogens with zero attached hydrogens (tertiary/aromatic N) is 1. The number of amides is 1. The molecule has 122 valence electrons. The van der Waals surface area contributed by atoms with E-state index in [1.165, 1.54) is 20.1 Å². The highest BCUT2D eigenvalue weighted by molar-refractivity contribution is 5.77. The normalized spacial score (nSPS) is 13.9. The fourth-order valence-corrected chi connectivity index (χ4v) is 0.923. The Balaban J connectivity index is 3.95. The van der Waals surface area contributed by atoms with E-state index in [4.69, 9.17) is 10.5 Å². The summed E-state index contributed by atoms with van der Waals surface area (Å²) in [7, 11) is 0. The maximum Gasteiger partial charge on any atom is 0.407 e. The standard InChI is InChI=1S/C13H25N3O5/c1-12(2,3)16-11(19)20-8-6-7-15-21-10(18)13(4,5)9(14)17/h7,9,17H,6,8,14H2,1-5H3,(H,16,19)/b15-7-. The van der Waals surface area contributed by atoms with E-state index >= 15 is 0 Å². The molecule has 21 heavy (non-hydrogen) atoms. The molecule has 1 unspecified atom stereocenters. The number of hydrogen-bond acceptors (Lipinski definition) is 7. The number of rotatable bonds is 6. The molecular formula is C13H25N3O5. The van der Waals surface area contributed by atoms with Crippen LogP contribution in [-0.4, -0.2) is 41.8 Å². The van der Waals surface area contributed by atoms with Gasteiger partial charge in [0.15, 0.2) is 0 Å². The Labute approximate surface area is 124 Å². The molecule has 0 fully saturated rings. The van der Waals surface area contributed by atoms with Crippen molar-refractivity contribution in [2.45, 2.75) is 52.8 Å².